The standard InChI is InChI=1S/C23H28F5N3O3S2/c1-21(32,23(26,27)28)17-4-6-18(7-5-17)31-13-12-30(36(33,34)20-3-2-14-35-20)16-19(31)15-29-10-8-22(24,25)9-11-29/h2-7,14,19,32H,8-13,15-16H2,1H3/t19-,21-/m0/s1. The van der Waals surface area contributed by atoms with Gasteiger partial charge in [-0.1, -0.05) is 18.2 Å². The molecule has 2 fully saturated rings. The maximum atomic E-state index is 13.7. The van der Waals surface area contributed by atoms with Gasteiger partial charge >= 0.3 is 6.18 Å². The third kappa shape index (κ3) is 5.54. The molecule has 0 aliphatic carbocycles. The van der Waals surface area contributed by atoms with Crippen LogP contribution in [-0.4, -0.2) is 80.1 Å². The van der Waals surface area contributed by atoms with Crippen molar-refractivity contribution >= 4 is 27.0 Å². The van der Waals surface area contributed by atoms with E-state index in [2.05, 4.69) is 0 Å². The average molecular weight is 554 g/mol. The van der Waals surface area contributed by atoms with Crippen molar-refractivity contribution in [1.82, 2.24) is 9.21 Å². The molecular formula is C23H28F5N3O3S2. The lowest BCUT2D eigenvalue weighted by molar-refractivity contribution is -0.258. The molecule has 2 aliphatic heterocycles. The van der Waals surface area contributed by atoms with Crippen LogP contribution in [0.5, 0.6) is 0 Å². The molecule has 1 aromatic heterocycles. The van der Waals surface area contributed by atoms with Gasteiger partial charge in [0.25, 0.3) is 15.9 Å². The number of anilines is 1. The van der Waals surface area contributed by atoms with Gasteiger partial charge in [-0.25, -0.2) is 17.2 Å². The molecule has 3 heterocycles. The summed E-state index contributed by atoms with van der Waals surface area (Å²) in [5.41, 5.74) is -2.76. The zero-order chi connectivity index (χ0) is 26.4. The Morgan fingerprint density at radius 2 is 1.69 bits per heavy atom. The van der Waals surface area contributed by atoms with Gasteiger partial charge in [0.1, 0.15) is 4.21 Å². The Kier molecular flexibility index (Phi) is 7.43. The minimum atomic E-state index is -4.85. The summed E-state index contributed by atoms with van der Waals surface area (Å²) in [5, 5.41) is 11.6. The van der Waals surface area contributed by atoms with Crippen molar-refractivity contribution in [3.8, 4) is 0 Å². The number of rotatable bonds is 6. The van der Waals surface area contributed by atoms with Gasteiger partial charge < -0.3 is 14.9 Å². The Labute approximate surface area is 211 Å². The summed E-state index contributed by atoms with van der Waals surface area (Å²) in [6.07, 6.45) is -5.41. The van der Waals surface area contributed by atoms with Gasteiger partial charge in [-0.15, -0.1) is 11.3 Å². The van der Waals surface area contributed by atoms with E-state index >= 15 is 0 Å². The molecule has 1 aromatic carbocycles. The maximum absolute atomic E-state index is 13.7. The van der Waals surface area contributed by atoms with Crippen molar-refractivity contribution in [3.63, 3.8) is 0 Å². The monoisotopic (exact) mass is 553 g/mol. The summed E-state index contributed by atoms with van der Waals surface area (Å²) in [6.45, 7) is 1.89. The van der Waals surface area contributed by atoms with Crippen molar-refractivity contribution in [2.24, 2.45) is 0 Å². The highest BCUT2D eigenvalue weighted by molar-refractivity contribution is 7.91. The van der Waals surface area contributed by atoms with Crippen molar-refractivity contribution in [1.29, 1.82) is 0 Å². The number of halogens is 5. The number of piperazine rings is 1. The molecule has 1 N–H and O–H groups in total. The number of aliphatic hydroxyl groups is 1. The smallest absolute Gasteiger partial charge is 0.376 e. The first kappa shape index (κ1) is 27.2. The van der Waals surface area contributed by atoms with Gasteiger partial charge in [0.2, 0.25) is 0 Å². The second-order valence-corrected chi connectivity index (χ2v) is 12.5. The van der Waals surface area contributed by atoms with Crippen LogP contribution < -0.4 is 4.90 Å². The molecule has 0 saturated carbocycles. The van der Waals surface area contributed by atoms with E-state index in [0.29, 0.717) is 19.2 Å². The lowest BCUT2D eigenvalue weighted by Gasteiger charge is -2.45. The van der Waals surface area contributed by atoms with Gasteiger partial charge in [-0.2, -0.15) is 17.5 Å². The first-order valence-electron chi connectivity index (χ1n) is 11.5. The Bertz CT molecular complexity index is 1130. The molecule has 0 radical (unpaired) electrons. The molecular weight excluding hydrogens is 525 g/mol. The third-order valence-electron chi connectivity index (χ3n) is 6.90. The van der Waals surface area contributed by atoms with Gasteiger partial charge in [0.05, 0.1) is 6.04 Å². The van der Waals surface area contributed by atoms with Crippen LogP contribution in [0, 0.1) is 0 Å². The number of sulfonamides is 1. The average Bonchev–Trinajstić information content (AvgIpc) is 3.36. The van der Waals surface area contributed by atoms with Crippen LogP contribution in [0.25, 0.3) is 0 Å². The van der Waals surface area contributed by atoms with Crippen molar-refractivity contribution in [3.05, 3.63) is 47.3 Å². The van der Waals surface area contributed by atoms with Gasteiger partial charge in [0, 0.05) is 57.8 Å². The fourth-order valence-electron chi connectivity index (χ4n) is 4.58. The predicted molar refractivity (Wildman–Crippen MR) is 127 cm³/mol. The Morgan fingerprint density at radius 3 is 2.25 bits per heavy atom. The van der Waals surface area contributed by atoms with Crippen molar-refractivity contribution < 1.29 is 35.5 Å². The van der Waals surface area contributed by atoms with E-state index in [-0.39, 0.29) is 55.3 Å². The number of hydrogen-bond donors (Lipinski definition) is 1. The molecule has 2 atom stereocenters. The lowest BCUT2D eigenvalue weighted by atomic mass is 9.95. The summed E-state index contributed by atoms with van der Waals surface area (Å²) < 4.78 is 94.9. The summed E-state index contributed by atoms with van der Waals surface area (Å²) >= 11 is 1.11. The molecule has 6 nitrogen and oxygen atoms in total. The zero-order valence-corrected chi connectivity index (χ0v) is 21.2. The molecule has 0 bridgehead atoms. The molecule has 2 aromatic rings. The molecule has 2 aliphatic rings. The Morgan fingerprint density at radius 1 is 1.06 bits per heavy atom. The molecule has 13 heteroatoms. The van der Waals surface area contributed by atoms with Crippen LogP contribution in [-0.2, 0) is 15.6 Å². The van der Waals surface area contributed by atoms with Crippen LogP contribution >= 0.6 is 11.3 Å². The van der Waals surface area contributed by atoms with Gasteiger partial charge in [-0.3, -0.25) is 0 Å². The number of benzene rings is 1. The summed E-state index contributed by atoms with van der Waals surface area (Å²) in [6, 6.07) is 8.11. The number of piperidine rings is 1. The lowest BCUT2D eigenvalue weighted by Crippen LogP contribution is -2.59. The van der Waals surface area contributed by atoms with Crippen LogP contribution in [0.3, 0.4) is 0 Å². The van der Waals surface area contributed by atoms with Crippen molar-refractivity contribution in [2.45, 2.75) is 47.7 Å². The highest BCUT2D eigenvalue weighted by atomic mass is 32.2. The largest absolute Gasteiger partial charge is 0.421 e. The van der Waals surface area contributed by atoms with E-state index in [0.717, 1.165) is 11.3 Å². The number of nitrogens with zero attached hydrogens (tertiary/aromatic N) is 3. The quantitative estimate of drug-likeness (QED) is 0.546. The first-order valence-corrected chi connectivity index (χ1v) is 13.8. The van der Waals surface area contributed by atoms with Crippen LogP contribution in [0.1, 0.15) is 25.3 Å². The fraction of sp³-hybridized carbons (Fsp3) is 0.565. The molecule has 0 amide bonds. The predicted octanol–water partition coefficient (Wildman–Crippen LogP) is 4.13. The highest BCUT2D eigenvalue weighted by Gasteiger charge is 2.51. The van der Waals surface area contributed by atoms with E-state index in [4.69, 9.17) is 0 Å². The second-order valence-electron chi connectivity index (χ2n) is 9.42. The van der Waals surface area contributed by atoms with E-state index < -0.39 is 33.8 Å². The molecule has 4 rings (SSSR count). The molecule has 2 saturated heterocycles. The minimum Gasteiger partial charge on any atom is -0.376 e. The molecule has 0 unspecified atom stereocenters. The van der Waals surface area contributed by atoms with Crippen LogP contribution in [0.2, 0.25) is 0 Å². The highest BCUT2D eigenvalue weighted by Crippen LogP contribution is 2.39. The number of hydrogen-bond acceptors (Lipinski definition) is 6. The molecule has 36 heavy (non-hydrogen) atoms. The van der Waals surface area contributed by atoms with E-state index in [9.17, 15) is 35.5 Å². The number of thiophene rings is 1. The first-order chi connectivity index (χ1) is 16.7. The fourth-order valence-corrected chi connectivity index (χ4v) is 7.19. The Balaban J connectivity index is 1.58. The normalized spacial score (nSPS) is 24.0. The maximum Gasteiger partial charge on any atom is 0.421 e. The van der Waals surface area contributed by atoms with Crippen LogP contribution in [0.15, 0.2) is 46.0 Å². The molecule has 0 spiro atoms. The van der Waals surface area contributed by atoms with E-state index in [1.807, 2.05) is 9.80 Å². The Hall–Kier alpha value is -1.80. The summed E-state index contributed by atoms with van der Waals surface area (Å²) in [7, 11) is -3.73. The minimum absolute atomic E-state index is 0.106. The van der Waals surface area contributed by atoms with Gasteiger partial charge in [0.15, 0.2) is 5.60 Å². The SMILES string of the molecule is C[C@](O)(c1ccc(N2CCN(S(=O)(=O)c3cccs3)C[C@@H]2CN2CCC(F)(F)CC2)cc1)C(F)(F)F. The summed E-state index contributed by atoms with van der Waals surface area (Å²) in [5.74, 6) is -2.72. The zero-order valence-electron chi connectivity index (χ0n) is 19.6. The number of alkyl halides is 5. The topological polar surface area (TPSA) is 64.1 Å². The van der Waals surface area contributed by atoms with Gasteiger partial charge in [-0.05, 0) is 36.1 Å². The molecule has 200 valence electrons. The second kappa shape index (κ2) is 9.82. The third-order valence-corrected chi connectivity index (χ3v) is 10.1. The number of likely N-dealkylation sites (tertiary alicyclic amines) is 1. The van der Waals surface area contributed by atoms with Crippen molar-refractivity contribution in [2.75, 3.05) is 44.2 Å². The van der Waals surface area contributed by atoms with Crippen LogP contribution in [0.4, 0.5) is 27.6 Å². The van der Waals surface area contributed by atoms with E-state index in [1.54, 1.807) is 11.4 Å². The summed E-state index contributed by atoms with van der Waals surface area (Å²) in [4.78, 5) is 3.78. The van der Waals surface area contributed by atoms with E-state index in [1.165, 1.54) is 34.6 Å².